The highest BCUT2D eigenvalue weighted by Gasteiger charge is 2.33. The Bertz CT molecular complexity index is 810. The van der Waals surface area contributed by atoms with E-state index < -0.39 is 0 Å². The van der Waals surface area contributed by atoms with E-state index in [0.29, 0.717) is 18.9 Å². The summed E-state index contributed by atoms with van der Waals surface area (Å²) in [5, 5.41) is 0. The van der Waals surface area contributed by atoms with Crippen LogP contribution in [-0.4, -0.2) is 72.2 Å². The van der Waals surface area contributed by atoms with E-state index in [9.17, 15) is 9.18 Å². The molecule has 160 valence electrons. The number of amides is 1. The Kier molecular flexibility index (Phi) is 6.92. The topological polar surface area (TPSA) is 54.9 Å². The molecule has 1 aromatic carbocycles. The summed E-state index contributed by atoms with van der Waals surface area (Å²) in [6, 6.07) is 12.2. The number of rotatable bonds is 7. The predicted octanol–water partition coefficient (Wildman–Crippen LogP) is 2.53. The fourth-order valence-electron chi connectivity index (χ4n) is 4.09. The van der Waals surface area contributed by atoms with Gasteiger partial charge < -0.3 is 19.3 Å². The zero-order valence-corrected chi connectivity index (χ0v) is 17.1. The standard InChI is InChI=1S/C23H28FN3O3/c24-18-4-6-21(7-5-18)29-16-22-15-27(23(28)17-30-22)20-9-13-26(14-10-20)12-8-19-3-1-2-11-25-19/h1-7,11,20,22H,8-10,12-17H2. The van der Waals surface area contributed by atoms with E-state index in [1.807, 2.05) is 23.2 Å². The van der Waals surface area contributed by atoms with E-state index >= 15 is 0 Å². The average molecular weight is 413 g/mol. The number of carbonyl (C=O) groups is 1. The molecule has 0 spiro atoms. The molecule has 1 aromatic heterocycles. The number of hydrogen-bond donors (Lipinski definition) is 0. The molecule has 7 heteroatoms. The van der Waals surface area contributed by atoms with Gasteiger partial charge in [-0.05, 0) is 49.2 Å². The molecular formula is C23H28FN3O3. The first-order valence-electron chi connectivity index (χ1n) is 10.6. The summed E-state index contributed by atoms with van der Waals surface area (Å²) in [5.41, 5.74) is 1.12. The van der Waals surface area contributed by atoms with Gasteiger partial charge in [-0.1, -0.05) is 6.07 Å². The number of halogens is 1. The lowest BCUT2D eigenvalue weighted by Crippen LogP contribution is -2.55. The van der Waals surface area contributed by atoms with Gasteiger partial charge in [0.25, 0.3) is 0 Å². The predicted molar refractivity (Wildman–Crippen MR) is 111 cm³/mol. The van der Waals surface area contributed by atoms with Gasteiger partial charge in [0.15, 0.2) is 0 Å². The first kappa shape index (κ1) is 20.8. The van der Waals surface area contributed by atoms with Crippen molar-refractivity contribution in [2.45, 2.75) is 31.4 Å². The molecule has 2 aliphatic rings. The van der Waals surface area contributed by atoms with Gasteiger partial charge in [0.1, 0.15) is 30.9 Å². The summed E-state index contributed by atoms with van der Waals surface area (Å²) >= 11 is 0. The third-order valence-electron chi connectivity index (χ3n) is 5.82. The highest BCUT2D eigenvalue weighted by atomic mass is 19.1. The third-order valence-corrected chi connectivity index (χ3v) is 5.82. The van der Waals surface area contributed by atoms with Gasteiger partial charge >= 0.3 is 0 Å². The Morgan fingerprint density at radius 3 is 2.67 bits per heavy atom. The van der Waals surface area contributed by atoms with E-state index in [2.05, 4.69) is 16.0 Å². The van der Waals surface area contributed by atoms with Crippen LogP contribution < -0.4 is 4.74 Å². The molecule has 0 N–H and O–H groups in total. The fraction of sp³-hybridized carbons (Fsp3) is 0.478. The van der Waals surface area contributed by atoms with Crippen LogP contribution in [0.25, 0.3) is 0 Å². The van der Waals surface area contributed by atoms with Gasteiger partial charge in [-0.3, -0.25) is 9.78 Å². The minimum Gasteiger partial charge on any atom is -0.491 e. The van der Waals surface area contributed by atoms with Crippen LogP contribution in [-0.2, 0) is 16.0 Å². The lowest BCUT2D eigenvalue weighted by Gasteiger charge is -2.42. The normalized spacial score (nSPS) is 21.0. The van der Waals surface area contributed by atoms with E-state index in [1.54, 1.807) is 12.1 Å². The molecule has 3 heterocycles. The number of nitrogens with zero attached hydrogens (tertiary/aromatic N) is 3. The zero-order valence-electron chi connectivity index (χ0n) is 17.1. The minimum absolute atomic E-state index is 0.0555. The molecule has 0 saturated carbocycles. The van der Waals surface area contributed by atoms with Crippen molar-refractivity contribution in [3.63, 3.8) is 0 Å². The number of likely N-dealkylation sites (tertiary alicyclic amines) is 1. The van der Waals surface area contributed by atoms with Crippen LogP contribution in [0.1, 0.15) is 18.5 Å². The maximum Gasteiger partial charge on any atom is 0.248 e. The molecule has 4 rings (SSSR count). The Balaban J connectivity index is 1.23. The molecule has 2 aliphatic heterocycles. The van der Waals surface area contributed by atoms with Crippen molar-refractivity contribution in [3.05, 3.63) is 60.2 Å². The van der Waals surface area contributed by atoms with Gasteiger partial charge in [0.05, 0.1) is 6.54 Å². The molecular weight excluding hydrogens is 385 g/mol. The highest BCUT2D eigenvalue weighted by Crippen LogP contribution is 2.21. The van der Waals surface area contributed by atoms with E-state index in [-0.39, 0.29) is 30.5 Å². The van der Waals surface area contributed by atoms with Gasteiger partial charge in [-0.25, -0.2) is 4.39 Å². The van der Waals surface area contributed by atoms with Crippen LogP contribution in [0.4, 0.5) is 4.39 Å². The summed E-state index contributed by atoms with van der Waals surface area (Å²) in [5.74, 6) is 0.365. The number of hydrogen-bond acceptors (Lipinski definition) is 5. The van der Waals surface area contributed by atoms with Crippen molar-refractivity contribution >= 4 is 5.91 Å². The maximum absolute atomic E-state index is 13.0. The lowest BCUT2D eigenvalue weighted by molar-refractivity contribution is -0.155. The number of morpholine rings is 1. The van der Waals surface area contributed by atoms with Gasteiger partial charge in [0, 0.05) is 44.0 Å². The highest BCUT2D eigenvalue weighted by molar-refractivity contribution is 5.78. The Hall–Kier alpha value is -2.51. The molecule has 2 aromatic rings. The SMILES string of the molecule is O=C1COC(COc2ccc(F)cc2)CN1C1CCN(CCc2ccccn2)CC1. The van der Waals surface area contributed by atoms with Crippen LogP contribution in [0.15, 0.2) is 48.7 Å². The second-order valence-electron chi connectivity index (χ2n) is 7.89. The first-order valence-corrected chi connectivity index (χ1v) is 10.6. The van der Waals surface area contributed by atoms with Crippen LogP contribution >= 0.6 is 0 Å². The maximum atomic E-state index is 13.0. The van der Waals surface area contributed by atoms with Crippen molar-refractivity contribution in [1.82, 2.24) is 14.8 Å². The fourth-order valence-corrected chi connectivity index (χ4v) is 4.09. The minimum atomic E-state index is -0.292. The van der Waals surface area contributed by atoms with Gasteiger partial charge in [-0.2, -0.15) is 0 Å². The lowest BCUT2D eigenvalue weighted by atomic mass is 10.0. The molecule has 2 saturated heterocycles. The summed E-state index contributed by atoms with van der Waals surface area (Å²) in [6.45, 7) is 3.95. The first-order chi connectivity index (χ1) is 14.7. The number of piperidine rings is 1. The van der Waals surface area contributed by atoms with Gasteiger partial charge in [-0.15, -0.1) is 0 Å². The third kappa shape index (κ3) is 5.55. The quantitative estimate of drug-likeness (QED) is 0.698. The molecule has 6 nitrogen and oxygen atoms in total. The second kappa shape index (κ2) is 10.00. The molecule has 0 radical (unpaired) electrons. The van der Waals surface area contributed by atoms with Crippen LogP contribution in [0.2, 0.25) is 0 Å². The summed E-state index contributed by atoms with van der Waals surface area (Å²) in [7, 11) is 0. The van der Waals surface area contributed by atoms with Crippen LogP contribution in [0.3, 0.4) is 0 Å². The smallest absolute Gasteiger partial charge is 0.248 e. The number of pyridine rings is 1. The van der Waals surface area contributed by atoms with Gasteiger partial charge in [0.2, 0.25) is 5.91 Å². The molecule has 30 heavy (non-hydrogen) atoms. The summed E-state index contributed by atoms with van der Waals surface area (Å²) in [6.07, 6.45) is 4.56. The molecule has 0 bridgehead atoms. The van der Waals surface area contributed by atoms with Crippen LogP contribution in [0.5, 0.6) is 5.75 Å². The molecule has 0 aliphatic carbocycles. The number of ether oxygens (including phenoxy) is 2. The Morgan fingerprint density at radius 1 is 1.13 bits per heavy atom. The van der Waals surface area contributed by atoms with Crippen molar-refractivity contribution in [2.75, 3.05) is 39.4 Å². The van der Waals surface area contributed by atoms with Crippen molar-refractivity contribution in [1.29, 1.82) is 0 Å². The number of aromatic nitrogens is 1. The van der Waals surface area contributed by atoms with E-state index in [4.69, 9.17) is 9.47 Å². The zero-order chi connectivity index (χ0) is 20.8. The second-order valence-corrected chi connectivity index (χ2v) is 7.89. The number of carbonyl (C=O) groups excluding carboxylic acids is 1. The Morgan fingerprint density at radius 2 is 1.93 bits per heavy atom. The molecule has 1 atom stereocenters. The average Bonchev–Trinajstić information content (AvgIpc) is 2.79. The van der Waals surface area contributed by atoms with Crippen LogP contribution in [0, 0.1) is 5.82 Å². The summed E-state index contributed by atoms with van der Waals surface area (Å²) < 4.78 is 24.4. The van der Waals surface area contributed by atoms with E-state index in [0.717, 1.165) is 44.6 Å². The van der Waals surface area contributed by atoms with E-state index in [1.165, 1.54) is 12.1 Å². The molecule has 2 fully saturated rings. The monoisotopic (exact) mass is 413 g/mol. The Labute approximate surface area is 176 Å². The molecule has 1 amide bonds. The molecule has 1 unspecified atom stereocenters. The van der Waals surface area contributed by atoms with Crippen molar-refractivity contribution in [2.24, 2.45) is 0 Å². The largest absolute Gasteiger partial charge is 0.491 e. The van der Waals surface area contributed by atoms with Crippen molar-refractivity contribution < 1.29 is 18.7 Å². The van der Waals surface area contributed by atoms with Crippen molar-refractivity contribution in [3.8, 4) is 5.75 Å². The summed E-state index contributed by atoms with van der Waals surface area (Å²) in [4.78, 5) is 21.2. The number of benzene rings is 1.